The number of anilines is 1. The van der Waals surface area contributed by atoms with Crippen LogP contribution in [0.25, 0.3) is 0 Å². The zero-order valence-corrected chi connectivity index (χ0v) is 23.0. The zero-order chi connectivity index (χ0) is 26.6. The highest BCUT2D eigenvalue weighted by molar-refractivity contribution is 7.09. The first-order chi connectivity index (χ1) is 18.3. The van der Waals surface area contributed by atoms with Gasteiger partial charge in [0.05, 0.1) is 24.5 Å². The smallest absolute Gasteiger partial charge is 0.246 e. The molecule has 4 aliphatic rings. The molecule has 9 heteroatoms. The van der Waals surface area contributed by atoms with Crippen molar-refractivity contribution in [2.24, 2.45) is 23.7 Å². The van der Waals surface area contributed by atoms with Gasteiger partial charge in [0.2, 0.25) is 17.7 Å². The fourth-order valence-corrected chi connectivity index (χ4v) is 7.74. The van der Waals surface area contributed by atoms with Gasteiger partial charge < -0.3 is 20.3 Å². The highest BCUT2D eigenvalue weighted by Crippen LogP contribution is 2.55. The van der Waals surface area contributed by atoms with Crippen molar-refractivity contribution in [3.8, 4) is 0 Å². The molecule has 2 N–H and O–H groups in total. The molecule has 1 aliphatic carbocycles. The number of nitrogens with one attached hydrogen (secondary N) is 2. The highest BCUT2D eigenvalue weighted by atomic mass is 35.5. The maximum absolute atomic E-state index is 14.1. The second-order valence-electron chi connectivity index (χ2n) is 11.1. The Labute approximate surface area is 231 Å². The second-order valence-corrected chi connectivity index (χ2v) is 12.6. The monoisotopic (exact) mass is 553 g/mol. The summed E-state index contributed by atoms with van der Waals surface area (Å²) in [5.41, 5.74) is -0.623. The molecule has 1 aromatic heterocycles. The van der Waals surface area contributed by atoms with Gasteiger partial charge in [-0.15, -0.1) is 11.3 Å². The Bertz CT molecular complexity index is 1280. The molecule has 2 aromatic rings. The molecule has 3 fully saturated rings. The minimum atomic E-state index is -1.18. The average molecular weight is 554 g/mol. The first kappa shape index (κ1) is 25.6. The van der Waals surface area contributed by atoms with Crippen LogP contribution in [-0.2, 0) is 25.7 Å². The van der Waals surface area contributed by atoms with E-state index in [1.165, 1.54) is 0 Å². The molecule has 7 nitrogen and oxygen atoms in total. The molecule has 1 aromatic carbocycles. The number of fused-ring (bicyclic) bond motifs is 1. The van der Waals surface area contributed by atoms with E-state index in [1.807, 2.05) is 29.7 Å². The van der Waals surface area contributed by atoms with E-state index in [9.17, 15) is 14.4 Å². The lowest BCUT2D eigenvalue weighted by atomic mass is 9.73. The standard InChI is InChI=1S/C29H32ClN3O4S/c1-16-6-3-10-21(17(16)2)32-27(35)25-29-12-11-22(37-29)23(26(34)31-19-8-4-7-18(30)14-19)24(29)28(36)33(25)15-20-9-5-13-38-20/h4-5,7-9,11-14,16-17,21-25H,3,6,10,15H2,1-2H3,(H,31,34)(H,32,35)/t16-,17-,21+,22+,23-,24+,25+,29+/m1/s1. The van der Waals surface area contributed by atoms with E-state index in [0.717, 1.165) is 24.1 Å². The van der Waals surface area contributed by atoms with E-state index in [4.69, 9.17) is 16.3 Å². The molecule has 2 saturated heterocycles. The first-order valence-corrected chi connectivity index (χ1v) is 14.6. The molecule has 0 unspecified atom stereocenters. The molecule has 8 atom stereocenters. The quantitative estimate of drug-likeness (QED) is 0.511. The number of nitrogens with zero attached hydrogens (tertiary/aromatic N) is 1. The van der Waals surface area contributed by atoms with Crippen LogP contribution >= 0.6 is 22.9 Å². The number of amides is 3. The lowest BCUT2D eigenvalue weighted by Crippen LogP contribution is -2.57. The van der Waals surface area contributed by atoms with Crippen molar-refractivity contribution < 1.29 is 19.1 Å². The molecule has 1 saturated carbocycles. The van der Waals surface area contributed by atoms with Crippen LogP contribution in [0.5, 0.6) is 0 Å². The number of carbonyl (C=O) groups excluding carboxylic acids is 3. The van der Waals surface area contributed by atoms with Crippen LogP contribution in [-0.4, -0.2) is 46.4 Å². The number of hydrogen-bond acceptors (Lipinski definition) is 5. The average Bonchev–Trinajstić information content (AvgIpc) is 3.65. The summed E-state index contributed by atoms with van der Waals surface area (Å²) in [6, 6.07) is 10.0. The number of benzene rings is 1. The Balaban J connectivity index is 1.32. The van der Waals surface area contributed by atoms with Gasteiger partial charge in [-0.3, -0.25) is 14.4 Å². The Morgan fingerprint density at radius 2 is 2.03 bits per heavy atom. The van der Waals surface area contributed by atoms with E-state index >= 15 is 0 Å². The first-order valence-electron chi connectivity index (χ1n) is 13.4. The van der Waals surface area contributed by atoms with Gasteiger partial charge in [0.1, 0.15) is 11.6 Å². The molecule has 6 rings (SSSR count). The fourth-order valence-electron chi connectivity index (χ4n) is 6.85. The molecule has 2 bridgehead atoms. The molecular weight excluding hydrogens is 522 g/mol. The van der Waals surface area contributed by atoms with Crippen LogP contribution in [0.3, 0.4) is 0 Å². The van der Waals surface area contributed by atoms with E-state index in [1.54, 1.807) is 40.5 Å². The number of halogens is 1. The van der Waals surface area contributed by atoms with Crippen molar-refractivity contribution in [1.29, 1.82) is 0 Å². The van der Waals surface area contributed by atoms with Gasteiger partial charge in [-0.1, -0.05) is 62.6 Å². The maximum atomic E-state index is 14.1. The van der Waals surface area contributed by atoms with Crippen LogP contribution in [0.4, 0.5) is 5.69 Å². The molecule has 200 valence electrons. The molecule has 3 aliphatic heterocycles. The molecule has 1 spiro atoms. The molecule has 4 heterocycles. The maximum Gasteiger partial charge on any atom is 0.246 e. The third kappa shape index (κ3) is 4.17. The van der Waals surface area contributed by atoms with Crippen molar-refractivity contribution in [2.45, 2.75) is 63.4 Å². The SMILES string of the molecule is C[C@@H]1[C@H](C)CCC[C@@H]1NC(=O)[C@@H]1N(Cc2cccs2)C(=O)[C@@H]2[C@H](C(=O)Nc3cccc(Cl)c3)[C@@H]3C=C[C@]21O3. The van der Waals surface area contributed by atoms with Crippen molar-refractivity contribution in [3.05, 3.63) is 63.8 Å². The molecule has 38 heavy (non-hydrogen) atoms. The number of ether oxygens (including phenoxy) is 1. The summed E-state index contributed by atoms with van der Waals surface area (Å²) in [7, 11) is 0. The van der Waals surface area contributed by atoms with Crippen molar-refractivity contribution in [3.63, 3.8) is 0 Å². The summed E-state index contributed by atoms with van der Waals surface area (Å²) in [5.74, 6) is -1.40. The van der Waals surface area contributed by atoms with Gasteiger partial charge in [-0.25, -0.2) is 0 Å². The van der Waals surface area contributed by atoms with Crippen molar-refractivity contribution in [2.75, 3.05) is 5.32 Å². The highest BCUT2D eigenvalue weighted by Gasteiger charge is 2.72. The fraction of sp³-hybridized carbons (Fsp3) is 0.483. The number of hydrogen-bond donors (Lipinski definition) is 2. The normalized spacial score (nSPS) is 35.4. The minimum Gasteiger partial charge on any atom is -0.359 e. The van der Waals surface area contributed by atoms with Gasteiger partial charge in [0.15, 0.2) is 0 Å². The number of thiophene rings is 1. The predicted molar refractivity (Wildman–Crippen MR) is 147 cm³/mol. The van der Waals surface area contributed by atoms with Gasteiger partial charge in [-0.2, -0.15) is 0 Å². The van der Waals surface area contributed by atoms with Crippen LogP contribution in [0.1, 0.15) is 38.0 Å². The molecule has 0 radical (unpaired) electrons. The summed E-state index contributed by atoms with van der Waals surface area (Å²) in [6.07, 6.45) is 6.26. The van der Waals surface area contributed by atoms with Gasteiger partial charge in [0.25, 0.3) is 0 Å². The third-order valence-corrected chi connectivity index (χ3v) is 10.1. The summed E-state index contributed by atoms with van der Waals surface area (Å²) < 4.78 is 6.45. The van der Waals surface area contributed by atoms with E-state index in [0.29, 0.717) is 29.1 Å². The number of carbonyl (C=O) groups is 3. The van der Waals surface area contributed by atoms with Crippen molar-refractivity contribution in [1.82, 2.24) is 10.2 Å². The van der Waals surface area contributed by atoms with Gasteiger partial charge in [0, 0.05) is 21.6 Å². The molecule has 3 amide bonds. The summed E-state index contributed by atoms with van der Waals surface area (Å²) in [4.78, 5) is 44.3. The Morgan fingerprint density at radius 3 is 2.79 bits per heavy atom. The van der Waals surface area contributed by atoms with Gasteiger partial charge >= 0.3 is 0 Å². The second kappa shape index (κ2) is 9.81. The largest absolute Gasteiger partial charge is 0.359 e. The lowest BCUT2D eigenvalue weighted by molar-refractivity contribution is -0.142. The third-order valence-electron chi connectivity index (χ3n) is 8.96. The van der Waals surface area contributed by atoms with Crippen molar-refractivity contribution >= 4 is 46.3 Å². The molecular formula is C29H32ClN3O4S. The van der Waals surface area contributed by atoms with E-state index in [2.05, 4.69) is 24.5 Å². The number of likely N-dealkylation sites (tertiary alicyclic amines) is 1. The van der Waals surface area contributed by atoms with Crippen LogP contribution in [0.15, 0.2) is 53.9 Å². The van der Waals surface area contributed by atoms with E-state index < -0.39 is 29.6 Å². The van der Waals surface area contributed by atoms with Crippen LogP contribution < -0.4 is 10.6 Å². The summed E-state index contributed by atoms with van der Waals surface area (Å²) >= 11 is 7.65. The predicted octanol–water partition coefficient (Wildman–Crippen LogP) is 4.63. The Morgan fingerprint density at radius 1 is 1.18 bits per heavy atom. The lowest BCUT2D eigenvalue weighted by Gasteiger charge is -2.38. The number of rotatable bonds is 6. The zero-order valence-electron chi connectivity index (χ0n) is 21.4. The van der Waals surface area contributed by atoms with Crippen LogP contribution in [0, 0.1) is 23.7 Å². The Hall–Kier alpha value is -2.68. The summed E-state index contributed by atoms with van der Waals surface area (Å²) in [5, 5.41) is 8.67. The minimum absolute atomic E-state index is 0.0462. The topological polar surface area (TPSA) is 87.7 Å². The Kier molecular flexibility index (Phi) is 6.61. The van der Waals surface area contributed by atoms with E-state index in [-0.39, 0.29) is 23.8 Å². The summed E-state index contributed by atoms with van der Waals surface area (Å²) in [6.45, 7) is 4.72. The van der Waals surface area contributed by atoms with Gasteiger partial charge in [-0.05, 0) is 47.9 Å². The van der Waals surface area contributed by atoms with Crippen LogP contribution in [0.2, 0.25) is 5.02 Å².